The van der Waals surface area contributed by atoms with Gasteiger partial charge in [-0.3, -0.25) is 4.21 Å². The Hall–Kier alpha value is -2.43. The van der Waals surface area contributed by atoms with E-state index in [1.165, 1.54) is 11.3 Å². The van der Waals surface area contributed by atoms with E-state index >= 15 is 0 Å². The number of anilines is 1. The maximum atomic E-state index is 10.6. The molecule has 1 aliphatic carbocycles. The summed E-state index contributed by atoms with van der Waals surface area (Å²) in [6.07, 6.45) is 2.80. The van der Waals surface area contributed by atoms with Gasteiger partial charge in [-0.2, -0.15) is 0 Å². The maximum Gasteiger partial charge on any atom is 0.414 e. The van der Waals surface area contributed by atoms with Gasteiger partial charge in [0.15, 0.2) is 0 Å². The van der Waals surface area contributed by atoms with Gasteiger partial charge in [0.05, 0.1) is 0 Å². The smallest absolute Gasteiger partial charge is 0.414 e. The number of aryl methyl sites for hydroxylation is 1. The normalized spacial score (nSPS) is 17.3. The molecule has 3 rings (SSSR count). The van der Waals surface area contributed by atoms with Crippen LogP contribution in [0.4, 0.5) is 5.69 Å². The summed E-state index contributed by atoms with van der Waals surface area (Å²) in [5.41, 5.74) is 10.1. The van der Waals surface area contributed by atoms with E-state index in [1.807, 2.05) is 12.1 Å². The molecule has 6 N–H and O–H groups in total. The number of fused-ring (bicyclic) bond motifs is 3. The molecule has 9 nitrogen and oxygen atoms in total. The second-order valence-corrected chi connectivity index (χ2v) is 5.97. The number of aliphatic carboxylic acids is 2. The van der Waals surface area contributed by atoms with Crippen LogP contribution >= 0.6 is 0 Å². The van der Waals surface area contributed by atoms with Crippen molar-refractivity contribution in [1.82, 2.24) is 4.98 Å². The number of hydrogen-bond donors (Lipinski definition) is 5. The molecule has 1 heterocycles. The number of carbonyl (C=O) groups is 2. The third kappa shape index (κ3) is 4.31. The Morgan fingerprint density at radius 2 is 2.00 bits per heavy atom. The molecule has 10 heteroatoms. The van der Waals surface area contributed by atoms with Gasteiger partial charge in [0.25, 0.3) is 0 Å². The van der Waals surface area contributed by atoms with E-state index in [0.717, 1.165) is 30.2 Å². The van der Waals surface area contributed by atoms with Crippen molar-refractivity contribution in [3.05, 3.63) is 29.5 Å². The van der Waals surface area contributed by atoms with Crippen LogP contribution in [0.3, 0.4) is 0 Å². The lowest BCUT2D eigenvalue weighted by Gasteiger charge is -2.18. The van der Waals surface area contributed by atoms with Crippen LogP contribution in [-0.2, 0) is 33.7 Å². The van der Waals surface area contributed by atoms with Gasteiger partial charge in [-0.15, -0.1) is 0 Å². The first-order valence-electron chi connectivity index (χ1n) is 6.99. The fraction of sp³-hybridized carbons (Fsp3) is 0.286. The van der Waals surface area contributed by atoms with Crippen LogP contribution in [0.2, 0.25) is 0 Å². The van der Waals surface area contributed by atoms with Crippen LogP contribution in [-0.4, -0.2) is 41.9 Å². The fourth-order valence-electron chi connectivity index (χ4n) is 2.60. The Morgan fingerprint density at radius 1 is 1.33 bits per heavy atom. The second-order valence-electron chi connectivity index (χ2n) is 5.29. The summed E-state index contributed by atoms with van der Waals surface area (Å²) >= 11 is -2.29. The Labute approximate surface area is 139 Å². The SMILES string of the molecule is NC1CCc2[nH]c3ccc(NS(=O)[O-])cc3c2C1.O=C(O)C(=O)O. The lowest BCUT2D eigenvalue weighted by atomic mass is 9.92. The molecule has 0 aliphatic heterocycles. The van der Waals surface area contributed by atoms with Crippen LogP contribution in [0.5, 0.6) is 0 Å². The molecule has 0 radical (unpaired) electrons. The van der Waals surface area contributed by atoms with E-state index in [1.54, 1.807) is 6.07 Å². The molecule has 0 bridgehead atoms. The zero-order valence-electron chi connectivity index (χ0n) is 12.4. The third-order valence-electron chi connectivity index (χ3n) is 3.61. The fourth-order valence-corrected chi connectivity index (χ4v) is 2.92. The number of benzene rings is 1. The molecule has 0 fully saturated rings. The van der Waals surface area contributed by atoms with Gasteiger partial charge in [0.1, 0.15) is 0 Å². The molecular weight excluding hydrogens is 338 g/mol. The minimum Gasteiger partial charge on any atom is -0.755 e. The van der Waals surface area contributed by atoms with Gasteiger partial charge in [0.2, 0.25) is 0 Å². The predicted octanol–water partition coefficient (Wildman–Crippen LogP) is 0.346. The molecule has 1 aromatic heterocycles. The van der Waals surface area contributed by atoms with Crippen molar-refractivity contribution in [2.75, 3.05) is 4.72 Å². The molecule has 24 heavy (non-hydrogen) atoms. The minimum atomic E-state index is -2.29. The highest BCUT2D eigenvalue weighted by atomic mass is 32.2. The second kappa shape index (κ2) is 7.43. The number of rotatable bonds is 2. The van der Waals surface area contributed by atoms with E-state index in [9.17, 15) is 8.76 Å². The van der Waals surface area contributed by atoms with Crippen LogP contribution in [0.1, 0.15) is 17.7 Å². The lowest BCUT2D eigenvalue weighted by Crippen LogP contribution is -2.27. The number of H-pyrrole nitrogens is 1. The van der Waals surface area contributed by atoms with Crippen molar-refractivity contribution in [1.29, 1.82) is 0 Å². The Balaban J connectivity index is 0.000000301. The number of nitrogens with two attached hydrogens (primary N) is 1. The summed E-state index contributed by atoms with van der Waals surface area (Å²) in [7, 11) is 0. The van der Waals surface area contributed by atoms with Gasteiger partial charge in [-0.25, -0.2) is 9.59 Å². The summed E-state index contributed by atoms with van der Waals surface area (Å²) < 4.78 is 23.7. The van der Waals surface area contributed by atoms with Crippen molar-refractivity contribution in [2.24, 2.45) is 5.73 Å². The van der Waals surface area contributed by atoms with Gasteiger partial charge >= 0.3 is 11.9 Å². The highest BCUT2D eigenvalue weighted by Gasteiger charge is 2.20. The van der Waals surface area contributed by atoms with Crippen LogP contribution in [0, 0.1) is 0 Å². The van der Waals surface area contributed by atoms with Crippen LogP contribution in [0.25, 0.3) is 10.9 Å². The van der Waals surface area contributed by atoms with Gasteiger partial charge < -0.3 is 30.2 Å². The predicted molar refractivity (Wildman–Crippen MR) is 86.1 cm³/mol. The van der Waals surface area contributed by atoms with Crippen molar-refractivity contribution < 1.29 is 28.6 Å². The first-order chi connectivity index (χ1) is 11.3. The van der Waals surface area contributed by atoms with E-state index in [-0.39, 0.29) is 6.04 Å². The first kappa shape index (κ1) is 17.9. The van der Waals surface area contributed by atoms with Crippen LogP contribution in [0.15, 0.2) is 18.2 Å². The molecule has 130 valence electrons. The molecule has 2 aromatic rings. The number of aromatic nitrogens is 1. The highest BCUT2D eigenvalue weighted by Crippen LogP contribution is 2.30. The minimum absolute atomic E-state index is 0.196. The van der Waals surface area contributed by atoms with Crippen molar-refractivity contribution >= 4 is 39.8 Å². The Morgan fingerprint density at radius 3 is 2.58 bits per heavy atom. The van der Waals surface area contributed by atoms with Gasteiger partial charge in [0, 0.05) is 39.6 Å². The number of aromatic amines is 1. The van der Waals surface area contributed by atoms with Crippen molar-refractivity contribution in [3.8, 4) is 0 Å². The van der Waals surface area contributed by atoms with Crippen molar-refractivity contribution in [3.63, 3.8) is 0 Å². The molecule has 0 amide bonds. The molecule has 2 unspecified atom stereocenters. The summed E-state index contributed by atoms with van der Waals surface area (Å²) in [4.78, 5) is 21.6. The number of hydrogen-bond acceptors (Lipinski definition) is 5. The van der Waals surface area contributed by atoms with E-state index in [0.29, 0.717) is 5.69 Å². The topological polar surface area (TPSA) is 169 Å². The standard InChI is InChI=1S/C12H15N3O2S.C2H2O4/c13-7-1-3-11-9(5-7)10-6-8(15-18(16)17)2-4-12(10)14-11;3-1(4)2(5)6/h2,4,6-7,14-15H,1,3,5,13H2,(H,16,17);(H,3,4)(H,5,6)/p-1. The average Bonchev–Trinajstić information content (AvgIpc) is 2.84. The van der Waals surface area contributed by atoms with Gasteiger partial charge in [-0.1, -0.05) is 0 Å². The molecule has 0 saturated heterocycles. The number of carboxylic acid groups (broad SMARTS) is 2. The highest BCUT2D eigenvalue weighted by molar-refractivity contribution is 7.80. The summed E-state index contributed by atoms with van der Waals surface area (Å²) in [6, 6.07) is 5.70. The van der Waals surface area contributed by atoms with E-state index in [2.05, 4.69) is 9.71 Å². The van der Waals surface area contributed by atoms with Crippen LogP contribution < -0.4 is 10.5 Å². The molecular formula is C14H16N3O6S-. The van der Waals surface area contributed by atoms with E-state index in [4.69, 9.17) is 25.5 Å². The number of carboxylic acids is 2. The first-order valence-corrected chi connectivity index (χ1v) is 8.06. The zero-order valence-corrected chi connectivity index (χ0v) is 13.3. The largest absolute Gasteiger partial charge is 0.755 e. The quantitative estimate of drug-likeness (QED) is 0.382. The third-order valence-corrected chi connectivity index (χ3v) is 4.01. The molecule has 1 aromatic carbocycles. The summed E-state index contributed by atoms with van der Waals surface area (Å²) in [6.45, 7) is 0. The average molecular weight is 354 g/mol. The molecule has 0 spiro atoms. The molecule has 0 saturated carbocycles. The van der Waals surface area contributed by atoms with Gasteiger partial charge in [-0.05, 0) is 43.0 Å². The monoisotopic (exact) mass is 354 g/mol. The Kier molecular flexibility index (Phi) is 5.54. The summed E-state index contributed by atoms with van der Waals surface area (Å²) in [5.74, 6) is -3.65. The number of nitrogens with one attached hydrogen (secondary N) is 2. The zero-order chi connectivity index (χ0) is 17.9. The van der Waals surface area contributed by atoms with Crippen molar-refractivity contribution in [2.45, 2.75) is 25.3 Å². The van der Waals surface area contributed by atoms with E-state index < -0.39 is 23.2 Å². The maximum absolute atomic E-state index is 10.6. The lowest BCUT2D eigenvalue weighted by molar-refractivity contribution is -0.159. The Bertz CT molecular complexity index is 791. The summed E-state index contributed by atoms with van der Waals surface area (Å²) in [5, 5.41) is 15.8. The molecule has 1 aliphatic rings. The molecule has 2 atom stereocenters.